The molecule has 0 aromatic carbocycles. The van der Waals surface area contributed by atoms with Crippen LogP contribution in [0.2, 0.25) is 0 Å². The van der Waals surface area contributed by atoms with Crippen molar-refractivity contribution in [3.63, 3.8) is 0 Å². The molecule has 19 heavy (non-hydrogen) atoms. The van der Waals surface area contributed by atoms with Gasteiger partial charge in [0.2, 0.25) is 5.91 Å². The summed E-state index contributed by atoms with van der Waals surface area (Å²) in [6.07, 6.45) is 2.41. The Morgan fingerprint density at radius 3 is 2.58 bits per heavy atom. The Morgan fingerprint density at radius 1 is 1.37 bits per heavy atom. The molecule has 1 heterocycles. The van der Waals surface area contributed by atoms with Gasteiger partial charge in [-0.15, -0.1) is 0 Å². The second-order valence-electron chi connectivity index (χ2n) is 5.19. The number of thiocarbonyl (C=S) groups is 1. The predicted molar refractivity (Wildman–Crippen MR) is 80.1 cm³/mol. The average Bonchev–Trinajstić information content (AvgIpc) is 2.78. The van der Waals surface area contributed by atoms with Gasteiger partial charge in [-0.25, -0.2) is 0 Å². The molecule has 2 unspecified atom stereocenters. The SMILES string of the molecule is CC1OCCC1N(C)CCC(=O)N(C)CCC(N)=S. The summed E-state index contributed by atoms with van der Waals surface area (Å²) in [4.78, 5) is 16.3. The van der Waals surface area contributed by atoms with Crippen molar-refractivity contribution in [3.8, 4) is 0 Å². The second kappa shape index (κ2) is 7.77. The van der Waals surface area contributed by atoms with Crippen LogP contribution in [-0.2, 0) is 9.53 Å². The number of nitrogens with zero attached hydrogens (tertiary/aromatic N) is 2. The van der Waals surface area contributed by atoms with Crippen LogP contribution >= 0.6 is 12.2 Å². The van der Waals surface area contributed by atoms with Crippen LogP contribution in [0.3, 0.4) is 0 Å². The van der Waals surface area contributed by atoms with E-state index >= 15 is 0 Å². The van der Waals surface area contributed by atoms with Gasteiger partial charge in [-0.1, -0.05) is 12.2 Å². The van der Waals surface area contributed by atoms with Gasteiger partial charge in [0.05, 0.1) is 11.1 Å². The highest BCUT2D eigenvalue weighted by atomic mass is 32.1. The van der Waals surface area contributed by atoms with Gasteiger partial charge in [0, 0.05) is 45.6 Å². The van der Waals surface area contributed by atoms with Crippen LogP contribution in [0, 0.1) is 0 Å². The molecule has 0 saturated carbocycles. The quantitative estimate of drug-likeness (QED) is 0.696. The van der Waals surface area contributed by atoms with E-state index in [1.165, 1.54) is 0 Å². The number of ether oxygens (including phenoxy) is 1. The Morgan fingerprint density at radius 2 is 2.05 bits per heavy atom. The second-order valence-corrected chi connectivity index (χ2v) is 5.72. The van der Waals surface area contributed by atoms with Gasteiger partial charge in [-0.3, -0.25) is 4.79 Å². The van der Waals surface area contributed by atoms with E-state index < -0.39 is 0 Å². The first kappa shape index (κ1) is 16.3. The summed E-state index contributed by atoms with van der Waals surface area (Å²) >= 11 is 4.81. The van der Waals surface area contributed by atoms with Crippen LogP contribution in [0.15, 0.2) is 0 Å². The van der Waals surface area contributed by atoms with E-state index in [1.807, 2.05) is 0 Å². The third kappa shape index (κ3) is 5.42. The molecule has 1 saturated heterocycles. The Kier molecular flexibility index (Phi) is 6.68. The summed E-state index contributed by atoms with van der Waals surface area (Å²) in [5.41, 5.74) is 5.43. The van der Waals surface area contributed by atoms with E-state index in [0.29, 0.717) is 30.4 Å². The molecule has 0 aromatic rings. The zero-order valence-corrected chi connectivity index (χ0v) is 12.9. The van der Waals surface area contributed by atoms with Gasteiger partial charge >= 0.3 is 0 Å². The fraction of sp³-hybridized carbons (Fsp3) is 0.846. The van der Waals surface area contributed by atoms with Gasteiger partial charge in [0.1, 0.15) is 0 Å². The number of rotatable bonds is 7. The summed E-state index contributed by atoms with van der Waals surface area (Å²) in [5.74, 6) is 0.134. The molecule has 0 bridgehead atoms. The summed E-state index contributed by atoms with van der Waals surface area (Å²) in [7, 11) is 3.85. The third-order valence-corrected chi connectivity index (χ3v) is 3.90. The monoisotopic (exact) mass is 287 g/mol. The molecule has 110 valence electrons. The van der Waals surface area contributed by atoms with E-state index in [4.69, 9.17) is 22.7 Å². The fourth-order valence-electron chi connectivity index (χ4n) is 2.33. The normalized spacial score (nSPS) is 22.7. The Hall–Kier alpha value is -0.720. The largest absolute Gasteiger partial charge is 0.393 e. The summed E-state index contributed by atoms with van der Waals surface area (Å²) in [5, 5.41) is 0. The summed E-state index contributed by atoms with van der Waals surface area (Å²) in [6, 6.07) is 0.426. The van der Waals surface area contributed by atoms with E-state index in [0.717, 1.165) is 19.6 Å². The van der Waals surface area contributed by atoms with Gasteiger partial charge in [-0.2, -0.15) is 0 Å². The highest BCUT2D eigenvalue weighted by Gasteiger charge is 2.27. The van der Waals surface area contributed by atoms with Crippen LogP contribution in [0.4, 0.5) is 0 Å². The molecule has 6 heteroatoms. The van der Waals surface area contributed by atoms with Crippen LogP contribution in [0.5, 0.6) is 0 Å². The van der Waals surface area contributed by atoms with Crippen molar-refractivity contribution >= 4 is 23.1 Å². The molecule has 0 spiro atoms. The van der Waals surface area contributed by atoms with Crippen molar-refractivity contribution < 1.29 is 9.53 Å². The zero-order chi connectivity index (χ0) is 14.4. The Balaban J connectivity index is 2.27. The standard InChI is InChI=1S/C13H25N3O2S/c1-10-11(6-9-18-10)15(2)8-5-13(17)16(3)7-4-12(14)19/h10-11H,4-9H2,1-3H3,(H2,14,19). The van der Waals surface area contributed by atoms with Gasteiger partial charge < -0.3 is 20.3 Å². The number of carbonyl (C=O) groups excluding carboxylic acids is 1. The van der Waals surface area contributed by atoms with Crippen LogP contribution in [-0.4, -0.2) is 66.6 Å². The lowest BCUT2D eigenvalue weighted by Crippen LogP contribution is -2.39. The van der Waals surface area contributed by atoms with Crippen molar-refractivity contribution in [1.29, 1.82) is 0 Å². The van der Waals surface area contributed by atoms with E-state index in [-0.39, 0.29) is 12.0 Å². The minimum absolute atomic E-state index is 0.134. The molecule has 1 aliphatic heterocycles. The topological polar surface area (TPSA) is 58.8 Å². The van der Waals surface area contributed by atoms with Crippen molar-refractivity contribution in [3.05, 3.63) is 0 Å². The zero-order valence-electron chi connectivity index (χ0n) is 12.1. The lowest BCUT2D eigenvalue weighted by atomic mass is 10.1. The molecule has 1 fully saturated rings. The van der Waals surface area contributed by atoms with Crippen molar-refractivity contribution in [2.45, 2.75) is 38.3 Å². The van der Waals surface area contributed by atoms with Gasteiger partial charge in [-0.05, 0) is 20.4 Å². The molecule has 0 radical (unpaired) electrons. The molecular formula is C13H25N3O2S. The van der Waals surface area contributed by atoms with Gasteiger partial charge in [0.25, 0.3) is 0 Å². The maximum Gasteiger partial charge on any atom is 0.223 e. The number of amides is 1. The molecule has 0 aliphatic carbocycles. The Labute approximate surface area is 121 Å². The minimum Gasteiger partial charge on any atom is -0.393 e. The number of likely N-dealkylation sites (N-methyl/N-ethyl adjacent to an activating group) is 1. The maximum absolute atomic E-state index is 11.9. The van der Waals surface area contributed by atoms with Crippen molar-refractivity contribution in [2.24, 2.45) is 5.73 Å². The van der Waals surface area contributed by atoms with Crippen molar-refractivity contribution in [1.82, 2.24) is 9.80 Å². The molecule has 1 amide bonds. The smallest absolute Gasteiger partial charge is 0.223 e. The molecule has 0 aromatic heterocycles. The predicted octanol–water partition coefficient (Wildman–Crippen LogP) is 0.620. The molecule has 1 aliphatic rings. The number of hydrogen-bond acceptors (Lipinski definition) is 4. The average molecular weight is 287 g/mol. The van der Waals surface area contributed by atoms with E-state index in [1.54, 1.807) is 11.9 Å². The number of nitrogens with two attached hydrogens (primary N) is 1. The highest BCUT2D eigenvalue weighted by Crippen LogP contribution is 2.18. The lowest BCUT2D eigenvalue weighted by molar-refractivity contribution is -0.130. The summed E-state index contributed by atoms with van der Waals surface area (Å²) in [6.45, 7) is 4.26. The van der Waals surface area contributed by atoms with Crippen LogP contribution in [0.1, 0.15) is 26.2 Å². The van der Waals surface area contributed by atoms with Crippen LogP contribution in [0.25, 0.3) is 0 Å². The van der Waals surface area contributed by atoms with E-state index in [2.05, 4.69) is 18.9 Å². The number of carbonyl (C=O) groups is 1. The van der Waals surface area contributed by atoms with Gasteiger partial charge in [0.15, 0.2) is 0 Å². The molecule has 5 nitrogen and oxygen atoms in total. The maximum atomic E-state index is 11.9. The molecular weight excluding hydrogens is 262 g/mol. The number of hydrogen-bond donors (Lipinski definition) is 1. The van der Waals surface area contributed by atoms with Crippen LogP contribution < -0.4 is 5.73 Å². The first-order valence-corrected chi connectivity index (χ1v) is 7.16. The fourth-order valence-corrected chi connectivity index (χ4v) is 2.42. The highest BCUT2D eigenvalue weighted by molar-refractivity contribution is 7.80. The molecule has 2 N–H and O–H groups in total. The minimum atomic E-state index is 0.134. The first-order chi connectivity index (χ1) is 8.91. The first-order valence-electron chi connectivity index (χ1n) is 6.76. The lowest BCUT2D eigenvalue weighted by Gasteiger charge is -2.27. The van der Waals surface area contributed by atoms with E-state index in [9.17, 15) is 4.79 Å². The summed E-state index contributed by atoms with van der Waals surface area (Å²) < 4.78 is 5.54. The molecule has 1 rings (SSSR count). The molecule has 2 atom stereocenters. The Bertz CT molecular complexity index is 325. The van der Waals surface area contributed by atoms with Crippen molar-refractivity contribution in [2.75, 3.05) is 33.8 Å². The third-order valence-electron chi connectivity index (χ3n) is 3.70.